The van der Waals surface area contributed by atoms with E-state index in [4.69, 9.17) is 0 Å². The lowest BCUT2D eigenvalue weighted by atomic mass is 9.94. The van der Waals surface area contributed by atoms with Crippen molar-refractivity contribution >= 4 is 11.9 Å². The van der Waals surface area contributed by atoms with E-state index in [1.807, 2.05) is 30.3 Å². The zero-order valence-corrected chi connectivity index (χ0v) is 13.8. The Labute approximate surface area is 141 Å². The first kappa shape index (κ1) is 16.7. The highest BCUT2D eigenvalue weighted by atomic mass is 19.1. The predicted molar refractivity (Wildman–Crippen MR) is 89.1 cm³/mol. The Balaban J connectivity index is 1.51. The van der Waals surface area contributed by atoms with Crippen LogP contribution in [0.25, 0.3) is 0 Å². The molecular formula is C18H24FN3O2. The van der Waals surface area contributed by atoms with Crippen molar-refractivity contribution in [3.63, 3.8) is 0 Å². The fourth-order valence-electron chi connectivity index (χ4n) is 2.97. The Morgan fingerprint density at radius 2 is 1.96 bits per heavy atom. The summed E-state index contributed by atoms with van der Waals surface area (Å²) in [6, 6.07) is 9.23. The summed E-state index contributed by atoms with van der Waals surface area (Å²) in [5, 5.41) is 5.49. The molecule has 130 valence electrons. The van der Waals surface area contributed by atoms with Gasteiger partial charge < -0.3 is 15.5 Å². The maximum atomic E-state index is 15.0. The summed E-state index contributed by atoms with van der Waals surface area (Å²) in [5.74, 6) is -0.0682. The summed E-state index contributed by atoms with van der Waals surface area (Å²) >= 11 is 0. The van der Waals surface area contributed by atoms with Gasteiger partial charge in [-0.15, -0.1) is 0 Å². The lowest BCUT2D eigenvalue weighted by Crippen LogP contribution is -2.57. The first-order valence-corrected chi connectivity index (χ1v) is 8.61. The van der Waals surface area contributed by atoms with E-state index in [1.165, 1.54) is 4.90 Å². The number of alkyl halides is 1. The predicted octanol–water partition coefficient (Wildman–Crippen LogP) is 2.23. The summed E-state index contributed by atoms with van der Waals surface area (Å²) in [5.41, 5.74) is -0.992. The zero-order valence-electron chi connectivity index (χ0n) is 13.8. The summed E-state index contributed by atoms with van der Waals surface area (Å²) < 4.78 is 15.0. The van der Waals surface area contributed by atoms with E-state index in [2.05, 4.69) is 10.6 Å². The van der Waals surface area contributed by atoms with Crippen LogP contribution in [0.5, 0.6) is 0 Å². The molecule has 2 aliphatic rings. The monoisotopic (exact) mass is 333 g/mol. The molecule has 1 unspecified atom stereocenters. The highest BCUT2D eigenvalue weighted by Gasteiger charge is 2.44. The highest BCUT2D eigenvalue weighted by Crippen LogP contribution is 2.29. The number of nitrogens with zero attached hydrogens (tertiary/aromatic N) is 1. The molecule has 0 bridgehead atoms. The molecule has 1 saturated heterocycles. The van der Waals surface area contributed by atoms with Crippen molar-refractivity contribution in [2.24, 2.45) is 5.92 Å². The maximum Gasteiger partial charge on any atom is 0.317 e. The largest absolute Gasteiger partial charge is 0.353 e. The molecule has 1 aliphatic carbocycles. The van der Waals surface area contributed by atoms with Crippen LogP contribution >= 0.6 is 0 Å². The SMILES string of the molecule is O=C(NCc1ccccc1)N1CCCC(F)(C(=O)NCC2CC2)C1. The summed E-state index contributed by atoms with van der Waals surface area (Å²) in [6.45, 7) is 1.24. The second kappa shape index (κ2) is 7.20. The quantitative estimate of drug-likeness (QED) is 0.868. The molecular weight excluding hydrogens is 309 g/mol. The maximum absolute atomic E-state index is 15.0. The Kier molecular flexibility index (Phi) is 5.02. The topological polar surface area (TPSA) is 61.4 Å². The Bertz CT molecular complexity index is 591. The fourth-order valence-corrected chi connectivity index (χ4v) is 2.97. The standard InChI is InChI=1S/C18H24FN3O2/c19-18(16(23)20-11-15-7-8-15)9-4-10-22(13-18)17(24)21-12-14-5-2-1-3-6-14/h1-3,5-6,15H,4,7-13H2,(H,20,23)(H,21,24). The van der Waals surface area contributed by atoms with Crippen LogP contribution in [0.2, 0.25) is 0 Å². The number of hydrogen-bond acceptors (Lipinski definition) is 2. The van der Waals surface area contributed by atoms with Crippen LogP contribution in [0.1, 0.15) is 31.2 Å². The van der Waals surface area contributed by atoms with Gasteiger partial charge in [-0.1, -0.05) is 30.3 Å². The molecule has 6 heteroatoms. The fraction of sp³-hybridized carbons (Fsp3) is 0.556. The molecule has 1 heterocycles. The Morgan fingerprint density at radius 1 is 1.21 bits per heavy atom. The van der Waals surface area contributed by atoms with E-state index in [0.717, 1.165) is 18.4 Å². The molecule has 1 aliphatic heterocycles. The van der Waals surface area contributed by atoms with E-state index in [9.17, 15) is 14.0 Å². The number of likely N-dealkylation sites (tertiary alicyclic amines) is 1. The van der Waals surface area contributed by atoms with Gasteiger partial charge >= 0.3 is 6.03 Å². The number of halogens is 1. The molecule has 0 aromatic heterocycles. The summed E-state index contributed by atoms with van der Waals surface area (Å²) in [6.07, 6.45) is 2.87. The van der Waals surface area contributed by atoms with E-state index in [-0.39, 0.29) is 19.0 Å². The third kappa shape index (κ3) is 4.24. The average molecular weight is 333 g/mol. The number of carbonyl (C=O) groups excluding carboxylic acids is 2. The minimum atomic E-state index is -1.97. The molecule has 2 N–H and O–H groups in total. The molecule has 0 spiro atoms. The number of piperidine rings is 1. The van der Waals surface area contributed by atoms with Gasteiger partial charge in [0.05, 0.1) is 6.54 Å². The third-order valence-electron chi connectivity index (χ3n) is 4.67. The van der Waals surface area contributed by atoms with Gasteiger partial charge in [0.15, 0.2) is 0 Å². The van der Waals surface area contributed by atoms with Crippen LogP contribution in [0.15, 0.2) is 30.3 Å². The van der Waals surface area contributed by atoms with E-state index >= 15 is 0 Å². The number of carbonyl (C=O) groups is 2. The van der Waals surface area contributed by atoms with Gasteiger partial charge in [-0.2, -0.15) is 0 Å². The minimum absolute atomic E-state index is 0.173. The number of hydrogen-bond donors (Lipinski definition) is 2. The first-order chi connectivity index (χ1) is 11.6. The van der Waals surface area contributed by atoms with Gasteiger partial charge in [-0.05, 0) is 37.2 Å². The lowest BCUT2D eigenvalue weighted by molar-refractivity contribution is -0.135. The number of urea groups is 1. The van der Waals surface area contributed by atoms with Crippen molar-refractivity contribution in [3.05, 3.63) is 35.9 Å². The Hall–Kier alpha value is -2.11. The second-order valence-electron chi connectivity index (χ2n) is 6.79. The van der Waals surface area contributed by atoms with Crippen LogP contribution in [0.3, 0.4) is 0 Å². The summed E-state index contributed by atoms with van der Waals surface area (Å²) in [7, 11) is 0. The number of rotatable bonds is 5. The third-order valence-corrected chi connectivity index (χ3v) is 4.67. The van der Waals surface area contributed by atoms with Gasteiger partial charge in [-0.25, -0.2) is 9.18 Å². The van der Waals surface area contributed by atoms with E-state index in [0.29, 0.717) is 32.0 Å². The zero-order chi connectivity index (χ0) is 17.0. The van der Waals surface area contributed by atoms with Crippen molar-refractivity contribution in [2.45, 2.75) is 37.9 Å². The average Bonchev–Trinajstić information content (AvgIpc) is 3.43. The first-order valence-electron chi connectivity index (χ1n) is 8.61. The van der Waals surface area contributed by atoms with Crippen molar-refractivity contribution in [2.75, 3.05) is 19.6 Å². The molecule has 5 nitrogen and oxygen atoms in total. The van der Waals surface area contributed by atoms with E-state index < -0.39 is 11.6 Å². The molecule has 1 atom stereocenters. The van der Waals surface area contributed by atoms with Crippen molar-refractivity contribution in [1.29, 1.82) is 0 Å². The lowest BCUT2D eigenvalue weighted by Gasteiger charge is -2.36. The molecule has 2 fully saturated rings. The van der Waals surface area contributed by atoms with Crippen LogP contribution < -0.4 is 10.6 Å². The van der Waals surface area contributed by atoms with Gasteiger partial charge in [0, 0.05) is 19.6 Å². The van der Waals surface area contributed by atoms with Crippen LogP contribution in [-0.4, -0.2) is 42.1 Å². The number of amides is 3. The number of nitrogens with one attached hydrogen (secondary N) is 2. The normalized spacial score (nSPS) is 23.6. The molecule has 1 aromatic rings. The van der Waals surface area contributed by atoms with Gasteiger partial charge in [0.25, 0.3) is 5.91 Å². The second-order valence-corrected chi connectivity index (χ2v) is 6.79. The van der Waals surface area contributed by atoms with Crippen molar-refractivity contribution < 1.29 is 14.0 Å². The van der Waals surface area contributed by atoms with Crippen LogP contribution in [0, 0.1) is 5.92 Å². The summed E-state index contributed by atoms with van der Waals surface area (Å²) in [4.78, 5) is 25.8. The van der Waals surface area contributed by atoms with E-state index in [1.54, 1.807) is 0 Å². The van der Waals surface area contributed by atoms with Gasteiger partial charge in [0.1, 0.15) is 0 Å². The van der Waals surface area contributed by atoms with Crippen LogP contribution in [0.4, 0.5) is 9.18 Å². The molecule has 0 radical (unpaired) electrons. The van der Waals surface area contributed by atoms with Crippen LogP contribution in [-0.2, 0) is 11.3 Å². The highest BCUT2D eigenvalue weighted by molar-refractivity contribution is 5.86. The molecule has 3 amide bonds. The molecule has 1 aromatic carbocycles. The molecule has 24 heavy (non-hydrogen) atoms. The molecule has 1 saturated carbocycles. The smallest absolute Gasteiger partial charge is 0.317 e. The minimum Gasteiger partial charge on any atom is -0.353 e. The van der Waals surface area contributed by atoms with Gasteiger partial charge in [0.2, 0.25) is 5.67 Å². The molecule has 3 rings (SSSR count). The van der Waals surface area contributed by atoms with Crippen molar-refractivity contribution in [3.8, 4) is 0 Å². The van der Waals surface area contributed by atoms with Crippen molar-refractivity contribution in [1.82, 2.24) is 15.5 Å². The Morgan fingerprint density at radius 3 is 2.67 bits per heavy atom. The number of benzene rings is 1. The van der Waals surface area contributed by atoms with Gasteiger partial charge in [-0.3, -0.25) is 4.79 Å².